The molecule has 0 fully saturated rings. The van der Waals surface area contributed by atoms with E-state index in [1.54, 1.807) is 0 Å². The first-order valence-corrected chi connectivity index (χ1v) is 5.06. The summed E-state index contributed by atoms with van der Waals surface area (Å²) in [6.07, 6.45) is 6.21. The third-order valence-corrected chi connectivity index (χ3v) is 2.82. The van der Waals surface area contributed by atoms with Gasteiger partial charge in [0.15, 0.2) is 0 Å². The fourth-order valence-electron chi connectivity index (χ4n) is 1.87. The molecular weight excluding hydrogens is 143 g/mol. The van der Waals surface area contributed by atoms with Gasteiger partial charge in [0.1, 0.15) is 7.85 Å². The maximum atomic E-state index is 3.24. The Morgan fingerprint density at radius 2 is 1.83 bits per heavy atom. The maximum absolute atomic E-state index is 3.24. The highest BCUT2D eigenvalue weighted by atomic mass is 14.2. The lowest BCUT2D eigenvalue weighted by molar-refractivity contribution is 0.349. The Morgan fingerprint density at radius 3 is 2.50 bits per heavy atom. The topological polar surface area (TPSA) is 0 Å². The van der Waals surface area contributed by atoms with Gasteiger partial charge in [-0.1, -0.05) is 19.2 Å². The summed E-state index contributed by atoms with van der Waals surface area (Å²) < 4.78 is 0. The van der Waals surface area contributed by atoms with E-state index < -0.39 is 0 Å². The molecule has 12 heavy (non-hydrogen) atoms. The van der Waals surface area contributed by atoms with Crippen LogP contribution < -0.4 is 0 Å². The van der Waals surface area contributed by atoms with Crippen molar-refractivity contribution in [3.8, 4) is 11.8 Å². The summed E-state index contributed by atoms with van der Waals surface area (Å²) in [6.45, 7) is 4.71. The standard InChI is InChI=1S/C11H19B/c1-11(2,12)10-8-6-4-3-5-7-9-10/h10H,4,6-9,12H2,1-2H3. The van der Waals surface area contributed by atoms with Gasteiger partial charge in [-0.25, -0.2) is 0 Å². The minimum atomic E-state index is 0.485. The van der Waals surface area contributed by atoms with E-state index in [0.29, 0.717) is 5.31 Å². The fourth-order valence-corrected chi connectivity index (χ4v) is 1.87. The largest absolute Gasteiger partial charge is 0.109 e. The van der Waals surface area contributed by atoms with Crippen molar-refractivity contribution >= 4 is 7.85 Å². The highest BCUT2D eigenvalue weighted by Gasteiger charge is 2.23. The van der Waals surface area contributed by atoms with Crippen molar-refractivity contribution in [3.63, 3.8) is 0 Å². The Bertz CT molecular complexity index is 189. The van der Waals surface area contributed by atoms with Crippen LogP contribution in [0.4, 0.5) is 0 Å². The summed E-state index contributed by atoms with van der Waals surface area (Å²) in [5.74, 6) is 7.33. The lowest BCUT2D eigenvalue weighted by Crippen LogP contribution is -2.18. The number of rotatable bonds is 1. The van der Waals surface area contributed by atoms with E-state index in [0.717, 1.165) is 18.8 Å². The third-order valence-electron chi connectivity index (χ3n) is 2.82. The van der Waals surface area contributed by atoms with Crippen LogP contribution in [0.5, 0.6) is 0 Å². The molecule has 0 amide bonds. The molecule has 1 rings (SSSR count). The van der Waals surface area contributed by atoms with Crippen molar-refractivity contribution in [2.45, 2.75) is 51.3 Å². The number of hydrogen-bond acceptors (Lipinski definition) is 0. The highest BCUT2D eigenvalue weighted by molar-refractivity contribution is 6.14. The molecule has 0 heterocycles. The van der Waals surface area contributed by atoms with Gasteiger partial charge in [-0.3, -0.25) is 0 Å². The van der Waals surface area contributed by atoms with Gasteiger partial charge in [-0.2, -0.15) is 0 Å². The van der Waals surface area contributed by atoms with E-state index in [-0.39, 0.29) is 0 Å². The van der Waals surface area contributed by atoms with Crippen LogP contribution in [-0.4, -0.2) is 7.85 Å². The van der Waals surface area contributed by atoms with Crippen LogP contribution in [0.3, 0.4) is 0 Å². The molecule has 0 aromatic heterocycles. The Kier molecular flexibility index (Phi) is 3.26. The van der Waals surface area contributed by atoms with Gasteiger partial charge in [0.05, 0.1) is 0 Å². The first kappa shape index (κ1) is 9.71. The lowest BCUT2D eigenvalue weighted by Gasteiger charge is -2.30. The summed E-state index contributed by atoms with van der Waals surface area (Å²) in [6, 6.07) is 0. The zero-order chi connectivity index (χ0) is 9.03. The Balaban J connectivity index is 2.51. The van der Waals surface area contributed by atoms with E-state index in [4.69, 9.17) is 0 Å². The molecule has 0 bridgehead atoms. The lowest BCUT2D eigenvalue weighted by atomic mass is 9.61. The van der Waals surface area contributed by atoms with Crippen molar-refractivity contribution in [2.75, 3.05) is 0 Å². The van der Waals surface area contributed by atoms with Crippen LogP contribution >= 0.6 is 0 Å². The van der Waals surface area contributed by atoms with Crippen LogP contribution in [0.25, 0.3) is 0 Å². The van der Waals surface area contributed by atoms with E-state index >= 15 is 0 Å². The predicted octanol–water partition coefficient (Wildman–Crippen LogP) is 2.40. The van der Waals surface area contributed by atoms with Gasteiger partial charge in [0.2, 0.25) is 0 Å². The molecule has 0 saturated heterocycles. The molecule has 0 aliphatic heterocycles. The quantitative estimate of drug-likeness (QED) is 0.410. The van der Waals surface area contributed by atoms with Crippen LogP contribution in [0.1, 0.15) is 46.0 Å². The first-order valence-electron chi connectivity index (χ1n) is 5.06. The van der Waals surface area contributed by atoms with Crippen LogP contribution in [0, 0.1) is 17.8 Å². The Hall–Kier alpha value is -0.375. The molecule has 1 aliphatic carbocycles. The van der Waals surface area contributed by atoms with Crippen molar-refractivity contribution < 1.29 is 0 Å². The molecule has 1 heteroatoms. The zero-order valence-corrected chi connectivity index (χ0v) is 8.61. The summed E-state index contributed by atoms with van der Waals surface area (Å²) in [7, 11) is 2.35. The summed E-state index contributed by atoms with van der Waals surface area (Å²) in [5.41, 5.74) is 0. The van der Waals surface area contributed by atoms with E-state index in [2.05, 4.69) is 33.5 Å². The minimum absolute atomic E-state index is 0.485. The minimum Gasteiger partial charge on any atom is -0.103 e. The van der Waals surface area contributed by atoms with Crippen LogP contribution in [0.2, 0.25) is 5.31 Å². The summed E-state index contributed by atoms with van der Waals surface area (Å²) >= 11 is 0. The van der Waals surface area contributed by atoms with Gasteiger partial charge in [0.25, 0.3) is 0 Å². The van der Waals surface area contributed by atoms with Gasteiger partial charge < -0.3 is 0 Å². The number of hydrogen-bond donors (Lipinski definition) is 0. The van der Waals surface area contributed by atoms with E-state index in [1.807, 2.05) is 0 Å². The van der Waals surface area contributed by atoms with Crippen molar-refractivity contribution in [2.24, 2.45) is 5.92 Å². The molecule has 0 N–H and O–H groups in total. The summed E-state index contributed by atoms with van der Waals surface area (Å²) in [4.78, 5) is 0. The molecular formula is C11H19B. The Labute approximate surface area is 77.5 Å². The third kappa shape index (κ3) is 2.93. The van der Waals surface area contributed by atoms with Gasteiger partial charge in [-0.15, -0.1) is 11.8 Å². The fraction of sp³-hybridized carbons (Fsp3) is 0.818. The SMILES string of the molecule is BC(C)(C)C1CCC#CCCC1. The second kappa shape index (κ2) is 4.03. The molecule has 1 aliphatic rings. The van der Waals surface area contributed by atoms with E-state index in [1.165, 1.54) is 19.3 Å². The average molecular weight is 162 g/mol. The molecule has 0 radical (unpaired) electrons. The second-order valence-electron chi connectivity index (χ2n) is 4.85. The normalized spacial score (nSPS) is 25.0. The molecule has 0 saturated carbocycles. The van der Waals surface area contributed by atoms with Crippen molar-refractivity contribution in [1.29, 1.82) is 0 Å². The smallest absolute Gasteiger partial charge is 0.103 e. The maximum Gasteiger partial charge on any atom is 0.109 e. The average Bonchev–Trinajstić information content (AvgIpc) is 1.81. The van der Waals surface area contributed by atoms with Gasteiger partial charge in [-0.05, 0) is 25.2 Å². The first-order chi connectivity index (χ1) is 5.61. The molecule has 0 spiro atoms. The molecule has 0 nitrogen and oxygen atoms in total. The van der Waals surface area contributed by atoms with Crippen molar-refractivity contribution in [3.05, 3.63) is 0 Å². The Morgan fingerprint density at radius 1 is 1.17 bits per heavy atom. The monoisotopic (exact) mass is 162 g/mol. The van der Waals surface area contributed by atoms with Gasteiger partial charge in [0, 0.05) is 12.8 Å². The van der Waals surface area contributed by atoms with E-state index in [9.17, 15) is 0 Å². The van der Waals surface area contributed by atoms with Crippen molar-refractivity contribution in [1.82, 2.24) is 0 Å². The second-order valence-corrected chi connectivity index (χ2v) is 4.85. The van der Waals surface area contributed by atoms with Crippen LogP contribution in [0.15, 0.2) is 0 Å². The van der Waals surface area contributed by atoms with Gasteiger partial charge >= 0.3 is 0 Å². The molecule has 1 unspecified atom stereocenters. The highest BCUT2D eigenvalue weighted by Crippen LogP contribution is 2.37. The molecule has 66 valence electrons. The van der Waals surface area contributed by atoms with Crippen LogP contribution in [-0.2, 0) is 0 Å². The molecule has 0 aromatic carbocycles. The molecule has 0 aromatic rings. The molecule has 1 atom stereocenters. The predicted molar refractivity (Wildman–Crippen MR) is 56.9 cm³/mol. The summed E-state index contributed by atoms with van der Waals surface area (Å²) in [5, 5.41) is 0.485. The zero-order valence-electron chi connectivity index (χ0n) is 8.61.